The zero-order valence-electron chi connectivity index (χ0n) is 13.4. The van der Waals surface area contributed by atoms with Crippen molar-refractivity contribution in [2.45, 2.75) is 12.5 Å². The van der Waals surface area contributed by atoms with Crippen molar-refractivity contribution < 1.29 is 13.6 Å². The van der Waals surface area contributed by atoms with Crippen LogP contribution in [0.1, 0.15) is 27.6 Å². The van der Waals surface area contributed by atoms with E-state index < -0.39 is 0 Å². The fourth-order valence-corrected chi connectivity index (χ4v) is 4.28. The first-order chi connectivity index (χ1) is 12.2. The summed E-state index contributed by atoms with van der Waals surface area (Å²) in [5, 5.41) is 2.03. The van der Waals surface area contributed by atoms with Gasteiger partial charge in [0.1, 0.15) is 5.82 Å². The highest BCUT2D eigenvalue weighted by Gasteiger charge is 2.32. The molecule has 3 aromatic rings. The number of amides is 1. The molecule has 0 aliphatic carbocycles. The fraction of sp³-hybridized carbons (Fsp3) is 0.150. The van der Waals surface area contributed by atoms with Gasteiger partial charge in [0, 0.05) is 23.1 Å². The van der Waals surface area contributed by atoms with E-state index in [0.29, 0.717) is 6.54 Å². The van der Waals surface area contributed by atoms with Gasteiger partial charge in [0.15, 0.2) is 0 Å². The van der Waals surface area contributed by atoms with Crippen LogP contribution in [0, 0.1) is 5.82 Å². The maximum Gasteiger partial charge on any atom is 0.247 e. The summed E-state index contributed by atoms with van der Waals surface area (Å²) in [4.78, 5) is 15.7. The van der Waals surface area contributed by atoms with E-state index in [1.807, 2.05) is 16.3 Å². The van der Waals surface area contributed by atoms with Crippen LogP contribution in [0.15, 0.2) is 64.8 Å². The molecule has 126 valence electrons. The number of furan rings is 1. The molecule has 25 heavy (non-hydrogen) atoms. The molecule has 1 atom stereocenters. The molecule has 4 rings (SSSR count). The Bertz CT molecular complexity index is 913. The number of carbonyl (C=O) groups is 1. The Balaban J connectivity index is 1.69. The van der Waals surface area contributed by atoms with Crippen LogP contribution in [-0.2, 0) is 11.2 Å². The van der Waals surface area contributed by atoms with Crippen molar-refractivity contribution in [3.8, 4) is 0 Å². The Hall–Kier alpha value is -2.66. The third kappa shape index (κ3) is 3.15. The Labute approximate surface area is 149 Å². The number of nitrogens with zero attached hydrogens (tertiary/aromatic N) is 1. The quantitative estimate of drug-likeness (QED) is 0.641. The van der Waals surface area contributed by atoms with Crippen LogP contribution in [0.2, 0.25) is 0 Å². The van der Waals surface area contributed by atoms with Crippen LogP contribution < -0.4 is 0 Å². The minimum atomic E-state index is -0.289. The van der Waals surface area contributed by atoms with E-state index in [0.717, 1.165) is 22.4 Å². The molecule has 0 radical (unpaired) electrons. The third-order valence-electron chi connectivity index (χ3n) is 4.37. The average molecular weight is 353 g/mol. The first-order valence-electron chi connectivity index (χ1n) is 8.05. The number of hydrogen-bond donors (Lipinski definition) is 0. The van der Waals surface area contributed by atoms with Crippen LogP contribution in [-0.4, -0.2) is 17.4 Å². The second-order valence-electron chi connectivity index (χ2n) is 5.94. The van der Waals surface area contributed by atoms with Crippen LogP contribution in [0.4, 0.5) is 4.39 Å². The summed E-state index contributed by atoms with van der Waals surface area (Å²) >= 11 is 1.62. The molecular formula is C20H16FNO2S. The second kappa shape index (κ2) is 6.69. The Morgan fingerprint density at radius 3 is 3.04 bits per heavy atom. The zero-order chi connectivity index (χ0) is 17.2. The molecule has 0 saturated heterocycles. The Kier molecular flexibility index (Phi) is 4.24. The number of benzene rings is 1. The van der Waals surface area contributed by atoms with Gasteiger partial charge in [-0.15, -0.1) is 11.3 Å². The molecule has 1 aliphatic rings. The van der Waals surface area contributed by atoms with Gasteiger partial charge in [-0.05, 0) is 53.3 Å². The largest absolute Gasteiger partial charge is 0.472 e. The monoisotopic (exact) mass is 353 g/mol. The molecule has 5 heteroatoms. The standard InChI is InChI=1S/C20H16FNO2S/c21-17-3-1-2-16(12-17)19-20-15(8-11-25-20)6-9-22(19)18(23)5-4-14-7-10-24-13-14/h1-5,7-8,10-13,19H,6,9H2/b5-4+. The first-order valence-corrected chi connectivity index (χ1v) is 8.93. The van der Waals surface area contributed by atoms with Crippen molar-refractivity contribution >= 4 is 23.3 Å². The number of fused-ring (bicyclic) bond motifs is 1. The van der Waals surface area contributed by atoms with Gasteiger partial charge in [-0.3, -0.25) is 4.79 Å². The molecule has 3 nitrogen and oxygen atoms in total. The molecule has 0 bridgehead atoms. The summed E-state index contributed by atoms with van der Waals surface area (Å²) in [6.07, 6.45) is 7.25. The van der Waals surface area contributed by atoms with E-state index in [1.54, 1.807) is 48.1 Å². The summed E-state index contributed by atoms with van der Waals surface area (Å²) in [6, 6.07) is 10.1. The van der Waals surface area contributed by atoms with Crippen molar-refractivity contribution in [2.24, 2.45) is 0 Å². The van der Waals surface area contributed by atoms with Gasteiger partial charge in [0.25, 0.3) is 0 Å². The highest BCUT2D eigenvalue weighted by Crippen LogP contribution is 2.38. The minimum absolute atomic E-state index is 0.0884. The SMILES string of the molecule is O=C(/C=C/c1ccoc1)N1CCc2ccsc2C1c1cccc(F)c1. The smallest absolute Gasteiger partial charge is 0.247 e. The van der Waals surface area contributed by atoms with Gasteiger partial charge in [0.05, 0.1) is 18.6 Å². The topological polar surface area (TPSA) is 33.5 Å². The van der Waals surface area contributed by atoms with E-state index in [-0.39, 0.29) is 17.8 Å². The molecule has 1 amide bonds. The Morgan fingerprint density at radius 2 is 2.24 bits per heavy atom. The molecular weight excluding hydrogens is 337 g/mol. The van der Waals surface area contributed by atoms with E-state index in [9.17, 15) is 9.18 Å². The van der Waals surface area contributed by atoms with Gasteiger partial charge in [0.2, 0.25) is 5.91 Å². The number of thiophene rings is 1. The van der Waals surface area contributed by atoms with Crippen molar-refractivity contribution in [1.29, 1.82) is 0 Å². The van der Waals surface area contributed by atoms with Crippen molar-refractivity contribution in [1.82, 2.24) is 4.90 Å². The van der Waals surface area contributed by atoms with E-state index in [1.165, 1.54) is 17.7 Å². The van der Waals surface area contributed by atoms with Gasteiger partial charge in [-0.25, -0.2) is 4.39 Å². The first kappa shape index (κ1) is 15.8. The lowest BCUT2D eigenvalue weighted by Gasteiger charge is -2.35. The van der Waals surface area contributed by atoms with Gasteiger partial charge >= 0.3 is 0 Å². The van der Waals surface area contributed by atoms with Gasteiger partial charge in [-0.1, -0.05) is 12.1 Å². The van der Waals surface area contributed by atoms with Crippen molar-refractivity contribution in [3.05, 3.63) is 87.8 Å². The molecule has 2 aromatic heterocycles. The fourth-order valence-electron chi connectivity index (χ4n) is 3.18. The van der Waals surface area contributed by atoms with Crippen LogP contribution >= 0.6 is 11.3 Å². The summed E-state index contributed by atoms with van der Waals surface area (Å²) in [5.41, 5.74) is 2.88. The van der Waals surface area contributed by atoms with Crippen LogP contribution in [0.5, 0.6) is 0 Å². The van der Waals surface area contributed by atoms with Crippen LogP contribution in [0.3, 0.4) is 0 Å². The predicted molar refractivity (Wildman–Crippen MR) is 95.7 cm³/mol. The molecule has 1 aromatic carbocycles. The predicted octanol–water partition coefficient (Wildman–Crippen LogP) is 4.67. The molecule has 1 unspecified atom stereocenters. The number of carbonyl (C=O) groups excluding carboxylic acids is 1. The lowest BCUT2D eigenvalue weighted by atomic mass is 9.95. The van der Waals surface area contributed by atoms with Gasteiger partial charge in [-0.2, -0.15) is 0 Å². The van der Waals surface area contributed by atoms with E-state index >= 15 is 0 Å². The lowest BCUT2D eigenvalue weighted by molar-refractivity contribution is -0.127. The Morgan fingerprint density at radius 1 is 1.32 bits per heavy atom. The summed E-state index contributed by atoms with van der Waals surface area (Å²) < 4.78 is 18.8. The molecule has 0 fully saturated rings. The molecule has 0 N–H and O–H groups in total. The highest BCUT2D eigenvalue weighted by atomic mass is 32.1. The van der Waals surface area contributed by atoms with E-state index in [4.69, 9.17) is 4.42 Å². The lowest BCUT2D eigenvalue weighted by Crippen LogP contribution is -2.39. The summed E-state index contributed by atoms with van der Waals surface area (Å²) in [7, 11) is 0. The number of hydrogen-bond acceptors (Lipinski definition) is 3. The zero-order valence-corrected chi connectivity index (χ0v) is 14.2. The highest BCUT2D eigenvalue weighted by molar-refractivity contribution is 7.10. The van der Waals surface area contributed by atoms with Crippen LogP contribution in [0.25, 0.3) is 6.08 Å². The molecule has 3 heterocycles. The van der Waals surface area contributed by atoms with E-state index in [2.05, 4.69) is 6.07 Å². The normalized spacial score (nSPS) is 17.0. The summed E-state index contributed by atoms with van der Waals surface area (Å²) in [6.45, 7) is 0.611. The minimum Gasteiger partial charge on any atom is -0.472 e. The molecule has 0 saturated carbocycles. The third-order valence-corrected chi connectivity index (χ3v) is 5.38. The van der Waals surface area contributed by atoms with Crippen molar-refractivity contribution in [2.75, 3.05) is 6.54 Å². The molecule has 0 spiro atoms. The number of rotatable bonds is 3. The number of halogens is 1. The maximum absolute atomic E-state index is 13.8. The summed E-state index contributed by atoms with van der Waals surface area (Å²) in [5.74, 6) is -0.378. The van der Waals surface area contributed by atoms with Crippen molar-refractivity contribution in [3.63, 3.8) is 0 Å². The average Bonchev–Trinajstić information content (AvgIpc) is 3.30. The second-order valence-corrected chi connectivity index (χ2v) is 6.89. The van der Waals surface area contributed by atoms with Gasteiger partial charge < -0.3 is 9.32 Å². The molecule has 1 aliphatic heterocycles. The maximum atomic E-state index is 13.8.